The van der Waals surface area contributed by atoms with Crippen molar-refractivity contribution in [1.29, 1.82) is 0 Å². The number of carbonyl (C=O) groups is 1. The summed E-state index contributed by atoms with van der Waals surface area (Å²) in [6.07, 6.45) is 1.26. The number of hydrogen-bond donors (Lipinski definition) is 1. The van der Waals surface area contributed by atoms with E-state index in [0.717, 1.165) is 19.4 Å². The number of aliphatic hydroxyl groups is 1. The Balaban J connectivity index is 1.82. The van der Waals surface area contributed by atoms with Crippen LogP contribution in [0.5, 0.6) is 0 Å². The molecule has 0 bridgehead atoms. The molecule has 2 aliphatic heterocycles. The summed E-state index contributed by atoms with van der Waals surface area (Å²) in [4.78, 5) is 13.6. The molecule has 0 aliphatic carbocycles. The lowest BCUT2D eigenvalue weighted by Gasteiger charge is -2.23. The van der Waals surface area contributed by atoms with Gasteiger partial charge in [0.05, 0.1) is 12.6 Å². The number of rotatable bonds is 2. The van der Waals surface area contributed by atoms with E-state index in [1.807, 2.05) is 12.1 Å². The number of benzene rings is 1. The van der Waals surface area contributed by atoms with Crippen molar-refractivity contribution < 1.29 is 14.6 Å². The summed E-state index contributed by atoms with van der Waals surface area (Å²) < 4.78 is 5.51. The first-order valence-corrected chi connectivity index (χ1v) is 5.97. The van der Waals surface area contributed by atoms with Gasteiger partial charge < -0.3 is 14.7 Å². The summed E-state index contributed by atoms with van der Waals surface area (Å²) in [6, 6.07) is 7.22. The molecule has 1 N–H and O–H groups in total. The molecule has 1 amide bonds. The molecule has 2 aliphatic rings. The van der Waals surface area contributed by atoms with Gasteiger partial charge in [0.1, 0.15) is 0 Å². The number of ether oxygens (including phenoxy) is 1. The summed E-state index contributed by atoms with van der Waals surface area (Å²) >= 11 is 0. The van der Waals surface area contributed by atoms with Gasteiger partial charge in [-0.15, -0.1) is 0 Å². The number of fused-ring (bicyclic) bond motifs is 1. The molecule has 0 aromatic heterocycles. The molecular formula is C13H15NO3. The number of nitrogens with zero attached hydrogens (tertiary/aromatic N) is 1. The Kier molecular flexibility index (Phi) is 2.61. The molecule has 4 heteroatoms. The fraction of sp³-hybridized carbons (Fsp3) is 0.462. The maximum absolute atomic E-state index is 12.1. The van der Waals surface area contributed by atoms with Crippen LogP contribution in [0.3, 0.4) is 0 Å². The maximum Gasteiger partial charge on any atom is 0.256 e. The molecule has 0 spiro atoms. The average Bonchev–Trinajstić information content (AvgIpc) is 2.94. The molecule has 4 nitrogen and oxygen atoms in total. The number of amides is 1. The average molecular weight is 233 g/mol. The van der Waals surface area contributed by atoms with Gasteiger partial charge in [0.2, 0.25) is 0 Å². The molecule has 0 saturated carbocycles. The lowest BCUT2D eigenvalue weighted by molar-refractivity contribution is -0.00908. The standard InChI is InChI=1S/C13H15NO3/c15-12-10-5-1-2-6-11(10)13(16)14(12)8-9-4-3-7-17-9/h1-2,5-6,9,12,15H,3-4,7-8H2. The summed E-state index contributed by atoms with van der Waals surface area (Å²) in [5.41, 5.74) is 1.31. The van der Waals surface area contributed by atoms with E-state index in [1.165, 1.54) is 4.90 Å². The second-order valence-electron chi connectivity index (χ2n) is 4.55. The van der Waals surface area contributed by atoms with Gasteiger partial charge in [-0.25, -0.2) is 0 Å². The number of hydrogen-bond acceptors (Lipinski definition) is 3. The second-order valence-corrected chi connectivity index (χ2v) is 4.55. The summed E-state index contributed by atoms with van der Waals surface area (Å²) in [5, 5.41) is 10.1. The van der Waals surface area contributed by atoms with Crippen LogP contribution < -0.4 is 0 Å². The first-order valence-electron chi connectivity index (χ1n) is 5.97. The highest BCUT2D eigenvalue weighted by Crippen LogP contribution is 2.32. The van der Waals surface area contributed by atoms with Gasteiger partial charge in [-0.3, -0.25) is 4.79 Å². The summed E-state index contributed by atoms with van der Waals surface area (Å²) in [7, 11) is 0. The highest BCUT2D eigenvalue weighted by Gasteiger charge is 2.36. The minimum absolute atomic E-state index is 0.0721. The van der Waals surface area contributed by atoms with Crippen LogP contribution in [0.2, 0.25) is 0 Å². The molecule has 2 atom stereocenters. The zero-order valence-corrected chi connectivity index (χ0v) is 9.50. The van der Waals surface area contributed by atoms with Crippen LogP contribution in [0.25, 0.3) is 0 Å². The fourth-order valence-electron chi connectivity index (χ4n) is 2.54. The van der Waals surface area contributed by atoms with Crippen LogP contribution in [0.1, 0.15) is 35.0 Å². The predicted octanol–water partition coefficient (Wildman–Crippen LogP) is 1.31. The van der Waals surface area contributed by atoms with E-state index in [1.54, 1.807) is 12.1 Å². The van der Waals surface area contributed by atoms with Crippen molar-refractivity contribution in [2.45, 2.75) is 25.2 Å². The van der Waals surface area contributed by atoms with Crippen molar-refractivity contribution in [3.8, 4) is 0 Å². The molecule has 0 radical (unpaired) electrons. The highest BCUT2D eigenvalue weighted by atomic mass is 16.5. The van der Waals surface area contributed by atoms with E-state index < -0.39 is 6.23 Å². The van der Waals surface area contributed by atoms with Gasteiger partial charge in [-0.05, 0) is 18.9 Å². The Morgan fingerprint density at radius 2 is 2.24 bits per heavy atom. The third kappa shape index (κ3) is 1.73. The van der Waals surface area contributed by atoms with Gasteiger partial charge in [0, 0.05) is 17.7 Å². The molecule has 17 heavy (non-hydrogen) atoms. The van der Waals surface area contributed by atoms with E-state index in [0.29, 0.717) is 17.7 Å². The quantitative estimate of drug-likeness (QED) is 0.838. The van der Waals surface area contributed by atoms with Crippen molar-refractivity contribution in [3.05, 3.63) is 35.4 Å². The molecule has 1 saturated heterocycles. The number of carbonyl (C=O) groups excluding carboxylic acids is 1. The molecule has 1 aromatic rings. The van der Waals surface area contributed by atoms with E-state index in [4.69, 9.17) is 4.74 Å². The van der Waals surface area contributed by atoms with E-state index in [-0.39, 0.29) is 12.0 Å². The Hall–Kier alpha value is -1.39. The second kappa shape index (κ2) is 4.13. The Labute approximate surface area is 99.8 Å². The maximum atomic E-state index is 12.1. The molecular weight excluding hydrogens is 218 g/mol. The van der Waals surface area contributed by atoms with Crippen molar-refractivity contribution in [2.24, 2.45) is 0 Å². The zero-order chi connectivity index (χ0) is 11.8. The predicted molar refractivity (Wildman–Crippen MR) is 61.4 cm³/mol. The van der Waals surface area contributed by atoms with Gasteiger partial charge >= 0.3 is 0 Å². The summed E-state index contributed by atoms with van der Waals surface area (Å²) in [6.45, 7) is 1.24. The van der Waals surface area contributed by atoms with Crippen LogP contribution in [0.15, 0.2) is 24.3 Å². The van der Waals surface area contributed by atoms with Crippen LogP contribution in [0.4, 0.5) is 0 Å². The molecule has 1 aromatic carbocycles. The first kappa shape index (κ1) is 10.7. The zero-order valence-electron chi connectivity index (χ0n) is 9.50. The van der Waals surface area contributed by atoms with Crippen molar-refractivity contribution >= 4 is 5.91 Å². The SMILES string of the molecule is O=C1c2ccccc2C(O)N1CC1CCCO1. The van der Waals surface area contributed by atoms with E-state index in [9.17, 15) is 9.90 Å². The molecule has 3 rings (SSSR count). The van der Waals surface area contributed by atoms with Gasteiger partial charge in [0.15, 0.2) is 6.23 Å². The normalized spacial score (nSPS) is 27.6. The molecule has 1 fully saturated rings. The van der Waals surface area contributed by atoms with Gasteiger partial charge in [0.25, 0.3) is 5.91 Å². The molecule has 90 valence electrons. The van der Waals surface area contributed by atoms with Crippen LogP contribution in [-0.2, 0) is 4.74 Å². The highest BCUT2D eigenvalue weighted by molar-refractivity contribution is 5.98. The third-order valence-electron chi connectivity index (χ3n) is 3.45. The minimum Gasteiger partial charge on any atom is -0.376 e. The van der Waals surface area contributed by atoms with Crippen molar-refractivity contribution in [1.82, 2.24) is 4.90 Å². The van der Waals surface area contributed by atoms with Gasteiger partial charge in [-0.2, -0.15) is 0 Å². The van der Waals surface area contributed by atoms with Crippen molar-refractivity contribution in [2.75, 3.05) is 13.2 Å². The lowest BCUT2D eigenvalue weighted by atomic mass is 10.1. The van der Waals surface area contributed by atoms with Crippen molar-refractivity contribution in [3.63, 3.8) is 0 Å². The number of aliphatic hydroxyl groups excluding tert-OH is 1. The minimum atomic E-state index is -0.817. The van der Waals surface area contributed by atoms with Gasteiger partial charge in [-0.1, -0.05) is 18.2 Å². The Morgan fingerprint density at radius 1 is 1.41 bits per heavy atom. The topological polar surface area (TPSA) is 49.8 Å². The third-order valence-corrected chi connectivity index (χ3v) is 3.45. The summed E-state index contributed by atoms with van der Waals surface area (Å²) in [5.74, 6) is -0.0939. The fourth-order valence-corrected chi connectivity index (χ4v) is 2.54. The Bertz CT molecular complexity index is 440. The monoisotopic (exact) mass is 233 g/mol. The smallest absolute Gasteiger partial charge is 0.256 e. The van der Waals surface area contributed by atoms with Crippen LogP contribution in [-0.4, -0.2) is 35.2 Å². The van der Waals surface area contributed by atoms with Crippen LogP contribution in [0, 0.1) is 0 Å². The molecule has 2 unspecified atom stereocenters. The van der Waals surface area contributed by atoms with E-state index in [2.05, 4.69) is 0 Å². The lowest BCUT2D eigenvalue weighted by Crippen LogP contribution is -2.35. The van der Waals surface area contributed by atoms with E-state index >= 15 is 0 Å². The first-order chi connectivity index (χ1) is 8.27. The molecule has 2 heterocycles. The largest absolute Gasteiger partial charge is 0.376 e. The van der Waals surface area contributed by atoms with Crippen LogP contribution >= 0.6 is 0 Å². The Morgan fingerprint density at radius 3 is 2.94 bits per heavy atom.